The second kappa shape index (κ2) is 4.82. The molecule has 0 unspecified atom stereocenters. The monoisotopic (exact) mass is 191 g/mol. The van der Waals surface area contributed by atoms with Crippen molar-refractivity contribution in [3.8, 4) is 11.8 Å². The maximum absolute atomic E-state index is 11.2. The van der Waals surface area contributed by atoms with Gasteiger partial charge in [-0.1, -0.05) is 0 Å². The van der Waals surface area contributed by atoms with E-state index in [0.717, 1.165) is 0 Å². The van der Waals surface area contributed by atoms with Crippen molar-refractivity contribution in [3.63, 3.8) is 0 Å². The van der Waals surface area contributed by atoms with Crippen molar-refractivity contribution in [2.24, 2.45) is 0 Å². The first-order chi connectivity index (χ1) is 6.77. The SMILES string of the molecule is COc1ccc(C(=O)NCC#N)nc1. The summed E-state index contributed by atoms with van der Waals surface area (Å²) in [6, 6.07) is 4.97. The van der Waals surface area contributed by atoms with Gasteiger partial charge in [0, 0.05) is 0 Å². The molecule has 5 nitrogen and oxygen atoms in total. The Hall–Kier alpha value is -2.09. The zero-order valence-corrected chi connectivity index (χ0v) is 7.65. The molecule has 1 heterocycles. The number of nitrogens with zero attached hydrogens (tertiary/aromatic N) is 2. The zero-order chi connectivity index (χ0) is 10.4. The fourth-order valence-electron chi connectivity index (χ4n) is 0.846. The standard InChI is InChI=1S/C9H9N3O2/c1-14-7-2-3-8(12-6-7)9(13)11-5-4-10/h2-3,6H,5H2,1H3,(H,11,13). The van der Waals surface area contributed by atoms with Gasteiger partial charge in [-0.2, -0.15) is 5.26 Å². The molecule has 0 atom stereocenters. The van der Waals surface area contributed by atoms with Crippen molar-refractivity contribution < 1.29 is 9.53 Å². The van der Waals surface area contributed by atoms with Gasteiger partial charge in [0.05, 0.1) is 19.4 Å². The first-order valence-electron chi connectivity index (χ1n) is 3.93. The summed E-state index contributed by atoms with van der Waals surface area (Å²) in [4.78, 5) is 15.1. The predicted octanol–water partition coefficient (Wildman–Crippen LogP) is 0.344. The lowest BCUT2D eigenvalue weighted by Gasteiger charge is -2.01. The van der Waals surface area contributed by atoms with E-state index >= 15 is 0 Å². The van der Waals surface area contributed by atoms with Crippen LogP contribution in [0.3, 0.4) is 0 Å². The smallest absolute Gasteiger partial charge is 0.270 e. The van der Waals surface area contributed by atoms with Crippen molar-refractivity contribution in [1.82, 2.24) is 10.3 Å². The van der Waals surface area contributed by atoms with Crippen LogP contribution >= 0.6 is 0 Å². The topological polar surface area (TPSA) is 75.0 Å². The van der Waals surface area contributed by atoms with Crippen molar-refractivity contribution >= 4 is 5.91 Å². The van der Waals surface area contributed by atoms with E-state index in [1.807, 2.05) is 0 Å². The zero-order valence-electron chi connectivity index (χ0n) is 7.65. The molecular weight excluding hydrogens is 182 g/mol. The summed E-state index contributed by atoms with van der Waals surface area (Å²) in [6.45, 7) is -0.0213. The number of rotatable bonds is 3. The van der Waals surface area contributed by atoms with Crippen LogP contribution < -0.4 is 10.1 Å². The normalized spacial score (nSPS) is 8.86. The summed E-state index contributed by atoms with van der Waals surface area (Å²) < 4.78 is 4.88. The van der Waals surface area contributed by atoms with Crippen LogP contribution in [0, 0.1) is 11.3 Å². The van der Waals surface area contributed by atoms with Gasteiger partial charge >= 0.3 is 0 Å². The molecule has 0 aliphatic rings. The number of ether oxygens (including phenoxy) is 1. The van der Waals surface area contributed by atoms with Crippen molar-refractivity contribution in [3.05, 3.63) is 24.0 Å². The molecule has 5 heteroatoms. The minimum absolute atomic E-state index is 0.0213. The first kappa shape index (κ1) is 9.99. The maximum Gasteiger partial charge on any atom is 0.270 e. The summed E-state index contributed by atoms with van der Waals surface area (Å²) in [7, 11) is 1.52. The molecule has 72 valence electrons. The molecule has 1 aromatic rings. The number of carbonyl (C=O) groups excluding carboxylic acids is 1. The van der Waals surface area contributed by atoms with E-state index in [4.69, 9.17) is 10.00 Å². The third kappa shape index (κ3) is 2.45. The summed E-state index contributed by atoms with van der Waals surface area (Å²) in [6.07, 6.45) is 1.45. The van der Waals surface area contributed by atoms with Crippen LogP contribution in [0.15, 0.2) is 18.3 Å². The van der Waals surface area contributed by atoms with Crippen LogP contribution in [-0.4, -0.2) is 24.5 Å². The molecule has 0 radical (unpaired) electrons. The highest BCUT2D eigenvalue weighted by atomic mass is 16.5. The van der Waals surface area contributed by atoms with Gasteiger partial charge < -0.3 is 10.1 Å². The van der Waals surface area contributed by atoms with Gasteiger partial charge in [0.25, 0.3) is 5.91 Å². The molecule has 14 heavy (non-hydrogen) atoms. The van der Waals surface area contributed by atoms with E-state index in [1.165, 1.54) is 19.4 Å². The lowest BCUT2D eigenvalue weighted by Crippen LogP contribution is -2.24. The number of methoxy groups -OCH3 is 1. The number of pyridine rings is 1. The summed E-state index contributed by atoms with van der Waals surface area (Å²) in [5, 5.41) is 10.6. The number of carbonyl (C=O) groups is 1. The molecule has 1 N–H and O–H groups in total. The van der Waals surface area contributed by atoms with Gasteiger partial charge in [0.1, 0.15) is 18.0 Å². The summed E-state index contributed by atoms with van der Waals surface area (Å²) in [5.41, 5.74) is 0.265. The maximum atomic E-state index is 11.2. The van der Waals surface area contributed by atoms with E-state index in [9.17, 15) is 4.79 Å². The van der Waals surface area contributed by atoms with Crippen molar-refractivity contribution in [2.75, 3.05) is 13.7 Å². The fraction of sp³-hybridized carbons (Fsp3) is 0.222. The quantitative estimate of drug-likeness (QED) is 0.699. The Kier molecular flexibility index (Phi) is 3.44. The number of hydrogen-bond donors (Lipinski definition) is 1. The number of nitrogens with one attached hydrogen (secondary N) is 1. The third-order valence-corrected chi connectivity index (χ3v) is 1.53. The molecule has 0 aliphatic carbocycles. The lowest BCUT2D eigenvalue weighted by atomic mass is 10.3. The molecule has 0 bridgehead atoms. The van der Waals surface area contributed by atoms with Gasteiger partial charge in [-0.05, 0) is 12.1 Å². The van der Waals surface area contributed by atoms with Gasteiger partial charge in [-0.15, -0.1) is 0 Å². The van der Waals surface area contributed by atoms with E-state index in [1.54, 1.807) is 12.1 Å². The molecular formula is C9H9N3O2. The van der Waals surface area contributed by atoms with Crippen molar-refractivity contribution in [1.29, 1.82) is 5.26 Å². The molecule has 0 saturated carbocycles. The molecule has 0 spiro atoms. The Morgan fingerprint density at radius 2 is 2.50 bits per heavy atom. The predicted molar refractivity (Wildman–Crippen MR) is 48.7 cm³/mol. The van der Waals surface area contributed by atoms with E-state index in [0.29, 0.717) is 5.75 Å². The highest BCUT2D eigenvalue weighted by Gasteiger charge is 2.05. The molecule has 1 amide bonds. The van der Waals surface area contributed by atoms with Gasteiger partial charge in [0.2, 0.25) is 0 Å². The second-order valence-corrected chi connectivity index (χ2v) is 2.42. The Morgan fingerprint density at radius 1 is 1.71 bits per heavy atom. The molecule has 0 saturated heterocycles. The molecule has 0 fully saturated rings. The van der Waals surface area contributed by atoms with Gasteiger partial charge in [-0.25, -0.2) is 4.98 Å². The largest absolute Gasteiger partial charge is 0.495 e. The van der Waals surface area contributed by atoms with Gasteiger partial charge in [0.15, 0.2) is 0 Å². The minimum Gasteiger partial charge on any atom is -0.495 e. The summed E-state index contributed by atoms with van der Waals surface area (Å²) in [5.74, 6) is 0.219. The number of amides is 1. The molecule has 1 aromatic heterocycles. The van der Waals surface area contributed by atoms with E-state index in [2.05, 4.69) is 10.3 Å². The average Bonchev–Trinajstić information content (AvgIpc) is 2.26. The Balaban J connectivity index is 2.67. The highest BCUT2D eigenvalue weighted by Crippen LogP contribution is 2.07. The second-order valence-electron chi connectivity index (χ2n) is 2.42. The lowest BCUT2D eigenvalue weighted by molar-refractivity contribution is 0.0953. The third-order valence-electron chi connectivity index (χ3n) is 1.53. The first-order valence-corrected chi connectivity index (χ1v) is 3.93. The van der Waals surface area contributed by atoms with Crippen LogP contribution in [0.2, 0.25) is 0 Å². The Bertz CT molecular complexity index is 353. The van der Waals surface area contributed by atoms with Crippen LogP contribution in [0.1, 0.15) is 10.5 Å². The van der Waals surface area contributed by atoms with Crippen LogP contribution in [-0.2, 0) is 0 Å². The number of nitriles is 1. The number of aromatic nitrogens is 1. The Morgan fingerprint density at radius 3 is 3.00 bits per heavy atom. The van der Waals surface area contributed by atoms with Crippen molar-refractivity contribution in [2.45, 2.75) is 0 Å². The van der Waals surface area contributed by atoms with Gasteiger partial charge in [-0.3, -0.25) is 4.79 Å². The molecule has 1 rings (SSSR count). The van der Waals surface area contributed by atoms with Crippen LogP contribution in [0.5, 0.6) is 5.75 Å². The highest BCUT2D eigenvalue weighted by molar-refractivity contribution is 5.92. The fourth-order valence-corrected chi connectivity index (χ4v) is 0.846. The Labute approximate surface area is 81.3 Å². The summed E-state index contributed by atoms with van der Waals surface area (Å²) >= 11 is 0. The van der Waals surface area contributed by atoms with Crippen LogP contribution in [0.25, 0.3) is 0 Å². The molecule has 0 aromatic carbocycles. The molecule has 0 aliphatic heterocycles. The minimum atomic E-state index is -0.366. The average molecular weight is 191 g/mol. The van der Waals surface area contributed by atoms with E-state index in [-0.39, 0.29) is 18.1 Å². The van der Waals surface area contributed by atoms with E-state index < -0.39 is 0 Å². The number of hydrogen-bond acceptors (Lipinski definition) is 4. The van der Waals surface area contributed by atoms with Crippen LogP contribution in [0.4, 0.5) is 0 Å².